The molecule has 0 radical (unpaired) electrons. The van der Waals surface area contributed by atoms with Gasteiger partial charge in [0.15, 0.2) is 0 Å². The monoisotopic (exact) mass is 564 g/mol. The number of hydrogen-bond donors (Lipinski definition) is 2. The Labute approximate surface area is 231 Å². The van der Waals surface area contributed by atoms with Gasteiger partial charge >= 0.3 is 0 Å². The minimum absolute atomic E-state index is 0.0186. The Morgan fingerprint density at radius 1 is 1.26 bits per heavy atom. The van der Waals surface area contributed by atoms with E-state index in [4.69, 9.17) is 16.3 Å². The largest absolute Gasteiger partial charge is 0.370 e. The van der Waals surface area contributed by atoms with Crippen LogP contribution >= 0.6 is 22.9 Å². The van der Waals surface area contributed by atoms with Crippen molar-refractivity contribution in [3.8, 4) is 0 Å². The molecular formula is C27H34ClFN4O4S. The minimum atomic E-state index is -0.709. The quantitative estimate of drug-likeness (QED) is 0.467. The maximum absolute atomic E-state index is 15.1. The van der Waals surface area contributed by atoms with E-state index in [1.165, 1.54) is 28.4 Å². The van der Waals surface area contributed by atoms with Crippen molar-refractivity contribution in [3.05, 3.63) is 45.4 Å². The minimum Gasteiger partial charge on any atom is -0.370 e. The Kier molecular flexibility index (Phi) is 9.07. The van der Waals surface area contributed by atoms with Crippen LogP contribution in [-0.2, 0) is 14.3 Å². The molecule has 1 aliphatic carbocycles. The Hall–Kier alpha value is -2.53. The number of hydrogen-bond acceptors (Lipinski definition) is 6. The van der Waals surface area contributed by atoms with Gasteiger partial charge in [-0.1, -0.05) is 38.8 Å². The number of ether oxygens (including phenoxy) is 1. The van der Waals surface area contributed by atoms with Crippen LogP contribution in [0.1, 0.15) is 49.7 Å². The van der Waals surface area contributed by atoms with Gasteiger partial charge in [0.2, 0.25) is 5.91 Å². The molecule has 0 spiro atoms. The van der Waals surface area contributed by atoms with E-state index in [9.17, 15) is 14.4 Å². The number of thiophene rings is 1. The van der Waals surface area contributed by atoms with Crippen LogP contribution in [0.3, 0.4) is 0 Å². The van der Waals surface area contributed by atoms with Gasteiger partial charge in [-0.15, -0.1) is 11.3 Å². The molecule has 1 aliphatic heterocycles. The van der Waals surface area contributed by atoms with Gasteiger partial charge in [-0.05, 0) is 48.6 Å². The highest BCUT2D eigenvalue weighted by molar-refractivity contribution is 7.18. The molecule has 206 valence electrons. The lowest BCUT2D eigenvalue weighted by molar-refractivity contribution is -0.126. The number of halogens is 2. The van der Waals surface area contributed by atoms with E-state index in [1.807, 2.05) is 0 Å². The second-order valence-corrected chi connectivity index (χ2v) is 12.6. The molecule has 1 saturated carbocycles. The summed E-state index contributed by atoms with van der Waals surface area (Å²) in [7, 11) is 0. The van der Waals surface area contributed by atoms with Crippen LogP contribution in [0.5, 0.6) is 0 Å². The third-order valence-electron chi connectivity index (χ3n) is 6.66. The third-order valence-corrected chi connectivity index (χ3v) is 7.89. The van der Waals surface area contributed by atoms with Crippen LogP contribution in [0, 0.1) is 11.2 Å². The van der Waals surface area contributed by atoms with Crippen LogP contribution in [0.25, 0.3) is 0 Å². The lowest BCUT2D eigenvalue weighted by Crippen LogP contribution is -2.58. The van der Waals surface area contributed by atoms with Crippen molar-refractivity contribution in [2.75, 3.05) is 43.1 Å². The number of morpholine rings is 1. The molecule has 2 aromatic rings. The van der Waals surface area contributed by atoms with Crippen molar-refractivity contribution in [1.29, 1.82) is 0 Å². The normalized spacial score (nSPS) is 17.3. The number of carbonyl (C=O) groups excluding carboxylic acids is 3. The number of anilines is 2. The molecule has 1 saturated heterocycles. The fourth-order valence-electron chi connectivity index (χ4n) is 4.61. The molecule has 2 aliphatic rings. The predicted octanol–water partition coefficient (Wildman–Crippen LogP) is 4.54. The summed E-state index contributed by atoms with van der Waals surface area (Å²) in [6, 6.07) is 7.12. The lowest BCUT2D eigenvalue weighted by atomic mass is 9.86. The molecule has 38 heavy (non-hydrogen) atoms. The summed E-state index contributed by atoms with van der Waals surface area (Å²) in [4.78, 5) is 42.6. The highest BCUT2D eigenvalue weighted by atomic mass is 35.5. The van der Waals surface area contributed by atoms with Crippen LogP contribution in [-0.4, -0.2) is 67.6 Å². The topological polar surface area (TPSA) is 91.0 Å². The van der Waals surface area contributed by atoms with Crippen molar-refractivity contribution < 1.29 is 23.5 Å². The van der Waals surface area contributed by atoms with E-state index >= 15 is 4.39 Å². The summed E-state index contributed by atoms with van der Waals surface area (Å²) in [5.41, 5.74) is 0.331. The highest BCUT2D eigenvalue weighted by Crippen LogP contribution is 2.31. The molecule has 2 N–H and O–H groups in total. The maximum atomic E-state index is 15.1. The number of nitrogens with one attached hydrogen (secondary N) is 2. The zero-order valence-electron chi connectivity index (χ0n) is 21.9. The number of nitrogens with zero attached hydrogens (tertiary/aromatic N) is 2. The SMILES string of the molecule is CC(C)(C)CN(C1CCC1)[C@H](CNC(=O)c1ccc(Cl)s1)C(=O)Nc1ccc(N2CCOCC2=O)cc1F. The molecule has 8 nitrogen and oxygen atoms in total. The first-order chi connectivity index (χ1) is 18.0. The zero-order chi connectivity index (χ0) is 27.4. The molecule has 0 unspecified atom stereocenters. The molecular weight excluding hydrogens is 531 g/mol. The summed E-state index contributed by atoms with van der Waals surface area (Å²) < 4.78 is 20.8. The first-order valence-corrected chi connectivity index (χ1v) is 14.0. The van der Waals surface area contributed by atoms with Gasteiger partial charge in [0.1, 0.15) is 18.5 Å². The van der Waals surface area contributed by atoms with Crippen molar-refractivity contribution in [2.24, 2.45) is 5.41 Å². The van der Waals surface area contributed by atoms with E-state index in [1.54, 1.807) is 18.2 Å². The smallest absolute Gasteiger partial charge is 0.261 e. The van der Waals surface area contributed by atoms with Crippen LogP contribution in [0.4, 0.5) is 15.8 Å². The molecule has 1 aromatic carbocycles. The molecule has 1 aromatic heterocycles. The molecule has 4 rings (SSSR count). The first-order valence-electron chi connectivity index (χ1n) is 12.8. The van der Waals surface area contributed by atoms with Gasteiger partial charge in [-0.3, -0.25) is 19.3 Å². The van der Waals surface area contributed by atoms with Crippen LogP contribution in [0.15, 0.2) is 30.3 Å². The fourth-order valence-corrected chi connectivity index (χ4v) is 5.57. The number of benzene rings is 1. The Morgan fingerprint density at radius 3 is 2.61 bits per heavy atom. The summed E-state index contributed by atoms with van der Waals surface area (Å²) in [6.45, 7) is 7.68. The van der Waals surface area contributed by atoms with Gasteiger partial charge in [-0.25, -0.2) is 4.39 Å². The number of carbonyl (C=O) groups is 3. The van der Waals surface area contributed by atoms with Crippen molar-refractivity contribution in [1.82, 2.24) is 10.2 Å². The highest BCUT2D eigenvalue weighted by Gasteiger charge is 2.37. The third kappa shape index (κ3) is 7.11. The average Bonchev–Trinajstić information content (AvgIpc) is 3.25. The van der Waals surface area contributed by atoms with Gasteiger partial charge < -0.3 is 20.3 Å². The predicted molar refractivity (Wildman–Crippen MR) is 147 cm³/mol. The number of rotatable bonds is 9. The molecule has 2 fully saturated rings. The standard InChI is InChI=1S/C27H34ClFN4O4S/c1-27(2,3)16-33(17-5-4-6-17)21(14-30-26(36)22-9-10-23(28)38-22)25(35)31-20-8-7-18(13-19(20)29)32-11-12-37-15-24(32)34/h7-10,13,17,21H,4-6,11-12,14-16H2,1-3H3,(H,30,36)(H,31,35)/t21-/m1/s1. The molecule has 3 amide bonds. The van der Waals surface area contributed by atoms with Crippen LogP contribution in [0.2, 0.25) is 4.34 Å². The van der Waals surface area contributed by atoms with Crippen LogP contribution < -0.4 is 15.5 Å². The van der Waals surface area contributed by atoms with Gasteiger partial charge in [-0.2, -0.15) is 0 Å². The van der Waals surface area contributed by atoms with Gasteiger partial charge in [0.05, 0.1) is 21.5 Å². The van der Waals surface area contributed by atoms with Crippen molar-refractivity contribution >= 4 is 52.0 Å². The summed E-state index contributed by atoms with van der Waals surface area (Å²) in [5, 5.41) is 5.62. The number of amides is 3. The van der Waals surface area contributed by atoms with E-state index in [0.717, 1.165) is 19.3 Å². The average molecular weight is 565 g/mol. The van der Waals surface area contributed by atoms with Crippen molar-refractivity contribution in [3.63, 3.8) is 0 Å². The molecule has 11 heteroatoms. The second-order valence-electron chi connectivity index (χ2n) is 10.9. The molecule has 1 atom stereocenters. The van der Waals surface area contributed by atoms with Gasteiger partial charge in [0.25, 0.3) is 11.8 Å². The van der Waals surface area contributed by atoms with E-state index in [-0.39, 0.29) is 42.1 Å². The molecule has 2 heterocycles. The Bertz CT molecular complexity index is 1180. The summed E-state index contributed by atoms with van der Waals surface area (Å²) >= 11 is 7.15. The molecule has 0 bridgehead atoms. The van der Waals surface area contributed by atoms with E-state index in [2.05, 4.69) is 36.3 Å². The maximum Gasteiger partial charge on any atom is 0.261 e. The Morgan fingerprint density at radius 2 is 2.03 bits per heavy atom. The first kappa shape index (κ1) is 28.5. The second kappa shape index (κ2) is 12.1. The van der Waals surface area contributed by atoms with Crippen molar-refractivity contribution in [2.45, 2.75) is 52.1 Å². The van der Waals surface area contributed by atoms with E-state index < -0.39 is 17.8 Å². The fraction of sp³-hybridized carbons (Fsp3) is 0.519. The van der Waals surface area contributed by atoms with E-state index in [0.29, 0.717) is 34.6 Å². The lowest BCUT2D eigenvalue weighted by Gasteiger charge is -2.44. The Balaban J connectivity index is 1.54. The summed E-state index contributed by atoms with van der Waals surface area (Å²) in [6.07, 6.45) is 3.01. The summed E-state index contributed by atoms with van der Waals surface area (Å²) in [5.74, 6) is -1.60. The zero-order valence-corrected chi connectivity index (χ0v) is 23.5. The van der Waals surface area contributed by atoms with Gasteiger partial charge in [0, 0.05) is 31.4 Å².